The summed E-state index contributed by atoms with van der Waals surface area (Å²) in [6, 6.07) is 28.3. The Balaban J connectivity index is 1.51. The average Bonchev–Trinajstić information content (AvgIpc) is 2.68. The van der Waals surface area contributed by atoms with Crippen LogP contribution >= 0.6 is 11.8 Å². The third-order valence-corrected chi connectivity index (χ3v) is 5.75. The highest BCUT2D eigenvalue weighted by Gasteiger charge is 2.22. The molecular weight excluding hydrogens is 324 g/mol. The summed E-state index contributed by atoms with van der Waals surface area (Å²) in [5.41, 5.74) is 3.94. The number of anilines is 2. The summed E-state index contributed by atoms with van der Waals surface area (Å²) in [7, 11) is 0. The first-order valence-electron chi connectivity index (χ1n) is 8.75. The molecule has 0 spiro atoms. The monoisotopic (exact) mass is 346 g/mol. The molecule has 1 aliphatic heterocycles. The number of hydrogen-bond donors (Lipinski definition) is 1. The smallest absolute Gasteiger partial charge is 0.0553 e. The molecule has 3 heteroatoms. The highest BCUT2D eigenvalue weighted by molar-refractivity contribution is 7.99. The van der Waals surface area contributed by atoms with Crippen molar-refractivity contribution in [3.05, 3.63) is 84.4 Å². The molecule has 1 unspecified atom stereocenters. The van der Waals surface area contributed by atoms with E-state index in [0.29, 0.717) is 6.04 Å². The summed E-state index contributed by atoms with van der Waals surface area (Å²) >= 11 is 1.86. The van der Waals surface area contributed by atoms with Gasteiger partial charge < -0.3 is 10.2 Å². The van der Waals surface area contributed by atoms with E-state index in [0.717, 1.165) is 13.1 Å². The summed E-state index contributed by atoms with van der Waals surface area (Å²) in [6.07, 6.45) is 0. The van der Waals surface area contributed by atoms with E-state index in [9.17, 15) is 0 Å². The van der Waals surface area contributed by atoms with Crippen LogP contribution in [0.15, 0.2) is 88.7 Å². The Bertz CT molecular complexity index is 802. The van der Waals surface area contributed by atoms with Crippen LogP contribution in [0.5, 0.6) is 0 Å². The van der Waals surface area contributed by atoms with Crippen molar-refractivity contribution in [2.45, 2.75) is 22.8 Å². The molecule has 1 aliphatic rings. The minimum absolute atomic E-state index is 0.353. The Morgan fingerprint density at radius 3 is 2.00 bits per heavy atom. The Morgan fingerprint density at radius 2 is 1.36 bits per heavy atom. The van der Waals surface area contributed by atoms with Crippen molar-refractivity contribution < 1.29 is 0 Å². The van der Waals surface area contributed by atoms with Crippen molar-refractivity contribution >= 4 is 23.1 Å². The summed E-state index contributed by atoms with van der Waals surface area (Å²) in [5.74, 6) is 0. The van der Waals surface area contributed by atoms with Crippen LogP contribution in [-0.2, 0) is 0 Å². The molecule has 0 aromatic heterocycles. The zero-order valence-corrected chi connectivity index (χ0v) is 15.2. The molecule has 3 aromatic carbocycles. The van der Waals surface area contributed by atoms with Crippen molar-refractivity contribution in [2.75, 3.05) is 18.0 Å². The molecule has 126 valence electrons. The van der Waals surface area contributed by atoms with Gasteiger partial charge in [-0.05, 0) is 36.8 Å². The summed E-state index contributed by atoms with van der Waals surface area (Å²) in [4.78, 5) is 5.10. The zero-order chi connectivity index (χ0) is 17.1. The van der Waals surface area contributed by atoms with Crippen LogP contribution < -0.4 is 10.2 Å². The maximum absolute atomic E-state index is 3.66. The fourth-order valence-electron chi connectivity index (χ4n) is 3.27. The van der Waals surface area contributed by atoms with Crippen molar-refractivity contribution in [1.29, 1.82) is 0 Å². The Hall–Kier alpha value is -2.23. The van der Waals surface area contributed by atoms with Crippen LogP contribution in [0.3, 0.4) is 0 Å². The van der Waals surface area contributed by atoms with Crippen molar-refractivity contribution in [1.82, 2.24) is 5.32 Å². The molecule has 1 atom stereocenters. The number of benzene rings is 3. The number of rotatable bonds is 5. The normalized spacial score (nSPS) is 13.9. The van der Waals surface area contributed by atoms with Gasteiger partial charge >= 0.3 is 0 Å². The van der Waals surface area contributed by atoms with E-state index in [-0.39, 0.29) is 0 Å². The fraction of sp³-hybridized carbons (Fsp3) is 0.182. The van der Waals surface area contributed by atoms with Crippen LogP contribution in [0.4, 0.5) is 11.4 Å². The molecule has 0 amide bonds. The second-order valence-electron chi connectivity index (χ2n) is 6.28. The molecule has 0 bridgehead atoms. The number of nitrogens with one attached hydrogen (secondary N) is 1. The van der Waals surface area contributed by atoms with Gasteiger partial charge in [-0.2, -0.15) is 0 Å². The molecular formula is C22H22N2S. The van der Waals surface area contributed by atoms with E-state index in [1.807, 2.05) is 11.8 Å². The lowest BCUT2D eigenvalue weighted by atomic mass is 10.1. The first-order chi connectivity index (χ1) is 12.3. The van der Waals surface area contributed by atoms with Crippen LogP contribution in [-0.4, -0.2) is 13.1 Å². The average molecular weight is 346 g/mol. The fourth-order valence-corrected chi connectivity index (χ4v) is 4.37. The summed E-state index contributed by atoms with van der Waals surface area (Å²) < 4.78 is 0. The zero-order valence-electron chi connectivity index (χ0n) is 14.4. The predicted octanol–water partition coefficient (Wildman–Crippen LogP) is 5.64. The van der Waals surface area contributed by atoms with Crippen LogP contribution in [0, 0.1) is 0 Å². The number of fused-ring (bicyclic) bond motifs is 2. The van der Waals surface area contributed by atoms with Crippen LogP contribution in [0.25, 0.3) is 0 Å². The topological polar surface area (TPSA) is 15.3 Å². The van der Waals surface area contributed by atoms with E-state index in [1.54, 1.807) is 0 Å². The van der Waals surface area contributed by atoms with E-state index >= 15 is 0 Å². The molecule has 2 nitrogen and oxygen atoms in total. The maximum atomic E-state index is 3.66. The highest BCUT2D eigenvalue weighted by atomic mass is 32.2. The first-order valence-corrected chi connectivity index (χ1v) is 9.56. The summed E-state index contributed by atoms with van der Waals surface area (Å²) in [6.45, 7) is 4.11. The number of para-hydroxylation sites is 2. The van der Waals surface area contributed by atoms with Gasteiger partial charge in [0.25, 0.3) is 0 Å². The molecule has 0 saturated heterocycles. The maximum Gasteiger partial charge on any atom is 0.0553 e. The largest absolute Gasteiger partial charge is 0.338 e. The van der Waals surface area contributed by atoms with Gasteiger partial charge in [0.1, 0.15) is 0 Å². The molecule has 0 radical (unpaired) electrons. The molecule has 0 aliphatic carbocycles. The SMILES string of the molecule is CC(NCCN1c2ccccc2Sc2ccccc21)c1ccccc1. The van der Waals surface area contributed by atoms with Gasteiger partial charge in [-0.3, -0.25) is 0 Å². The molecule has 3 aromatic rings. The van der Waals surface area contributed by atoms with Gasteiger partial charge in [-0.25, -0.2) is 0 Å². The van der Waals surface area contributed by atoms with Gasteiger partial charge in [-0.1, -0.05) is 66.4 Å². The van der Waals surface area contributed by atoms with Crippen molar-refractivity contribution in [3.8, 4) is 0 Å². The molecule has 1 heterocycles. The minimum atomic E-state index is 0.353. The second kappa shape index (κ2) is 7.34. The molecule has 0 saturated carbocycles. The minimum Gasteiger partial charge on any atom is -0.338 e. The van der Waals surface area contributed by atoms with Crippen molar-refractivity contribution in [3.63, 3.8) is 0 Å². The molecule has 4 rings (SSSR count). The second-order valence-corrected chi connectivity index (χ2v) is 7.36. The molecule has 1 N–H and O–H groups in total. The molecule has 25 heavy (non-hydrogen) atoms. The van der Waals surface area contributed by atoms with Gasteiger partial charge in [0.2, 0.25) is 0 Å². The van der Waals surface area contributed by atoms with E-state index in [4.69, 9.17) is 0 Å². The lowest BCUT2D eigenvalue weighted by Gasteiger charge is -2.33. The standard InChI is InChI=1S/C22H22N2S/c1-17(18-9-3-2-4-10-18)23-15-16-24-19-11-5-7-13-21(19)25-22-14-8-6-12-20(22)24/h2-14,17,23H,15-16H2,1H3. The quantitative estimate of drug-likeness (QED) is 0.643. The lowest BCUT2D eigenvalue weighted by molar-refractivity contribution is 0.578. The predicted molar refractivity (Wildman–Crippen MR) is 107 cm³/mol. The van der Waals surface area contributed by atoms with Crippen LogP contribution in [0.1, 0.15) is 18.5 Å². The Kier molecular flexibility index (Phi) is 4.77. The third kappa shape index (κ3) is 3.44. The van der Waals surface area contributed by atoms with Gasteiger partial charge in [0.15, 0.2) is 0 Å². The lowest BCUT2D eigenvalue weighted by Crippen LogP contribution is -2.31. The number of hydrogen-bond acceptors (Lipinski definition) is 3. The van der Waals surface area contributed by atoms with Gasteiger partial charge in [-0.15, -0.1) is 0 Å². The Labute approximate surface area is 153 Å². The van der Waals surface area contributed by atoms with Gasteiger partial charge in [0.05, 0.1) is 11.4 Å². The Morgan fingerprint density at radius 1 is 0.800 bits per heavy atom. The number of nitrogens with zero attached hydrogens (tertiary/aromatic N) is 1. The third-order valence-electron chi connectivity index (χ3n) is 4.62. The van der Waals surface area contributed by atoms with E-state index < -0.39 is 0 Å². The summed E-state index contributed by atoms with van der Waals surface area (Å²) in [5, 5.41) is 3.66. The van der Waals surface area contributed by atoms with Crippen LogP contribution in [0.2, 0.25) is 0 Å². The van der Waals surface area contributed by atoms with Crippen molar-refractivity contribution in [2.24, 2.45) is 0 Å². The first kappa shape index (κ1) is 16.2. The highest BCUT2D eigenvalue weighted by Crippen LogP contribution is 2.47. The van der Waals surface area contributed by atoms with Gasteiger partial charge in [0, 0.05) is 28.9 Å². The molecule has 0 fully saturated rings. The van der Waals surface area contributed by atoms with E-state index in [1.165, 1.54) is 26.7 Å². The van der Waals surface area contributed by atoms with E-state index in [2.05, 4.69) is 96.0 Å².